The van der Waals surface area contributed by atoms with Gasteiger partial charge in [0.15, 0.2) is 0 Å². The summed E-state index contributed by atoms with van der Waals surface area (Å²) in [5.41, 5.74) is 12.9. The quantitative estimate of drug-likeness (QED) is 0.145. The lowest BCUT2D eigenvalue weighted by Crippen LogP contribution is -2.10. The van der Waals surface area contributed by atoms with Crippen LogP contribution >= 0.6 is 0 Å². The van der Waals surface area contributed by atoms with Gasteiger partial charge in [0.1, 0.15) is 0 Å². The molecular formula is C62H41N. The molecule has 0 saturated carbocycles. The number of hydrogen-bond donors (Lipinski definition) is 0. The maximum atomic E-state index is 2.43. The van der Waals surface area contributed by atoms with E-state index in [1.54, 1.807) is 0 Å². The second-order valence-corrected chi connectivity index (χ2v) is 16.4. The van der Waals surface area contributed by atoms with E-state index in [0.717, 1.165) is 17.1 Å². The van der Waals surface area contributed by atoms with E-state index in [-0.39, 0.29) is 0 Å². The van der Waals surface area contributed by atoms with Gasteiger partial charge in [0.05, 0.1) is 0 Å². The lowest BCUT2D eigenvalue weighted by Gasteiger charge is -2.27. The smallest absolute Gasteiger partial charge is 0.0468 e. The first-order chi connectivity index (χ1) is 31.2. The minimum absolute atomic E-state index is 1.09. The Morgan fingerprint density at radius 3 is 1.43 bits per heavy atom. The molecule has 1 heteroatoms. The minimum Gasteiger partial charge on any atom is -0.310 e. The van der Waals surface area contributed by atoms with Crippen LogP contribution in [0.2, 0.25) is 0 Å². The molecule has 0 N–H and O–H groups in total. The van der Waals surface area contributed by atoms with Gasteiger partial charge in [-0.1, -0.05) is 200 Å². The Morgan fingerprint density at radius 1 is 0.206 bits per heavy atom. The molecule has 0 radical (unpaired) electrons. The average molecular weight is 800 g/mol. The monoisotopic (exact) mass is 799 g/mol. The van der Waals surface area contributed by atoms with Gasteiger partial charge in [0.2, 0.25) is 0 Å². The van der Waals surface area contributed by atoms with Gasteiger partial charge in [-0.15, -0.1) is 0 Å². The van der Waals surface area contributed by atoms with Gasteiger partial charge in [-0.3, -0.25) is 0 Å². The molecule has 294 valence electrons. The molecule has 0 heterocycles. The summed E-state index contributed by atoms with van der Waals surface area (Å²) in [6.45, 7) is 0. The Morgan fingerprint density at radius 2 is 0.698 bits per heavy atom. The Hall–Kier alpha value is -8.26. The number of rotatable bonds is 7. The van der Waals surface area contributed by atoms with Gasteiger partial charge in [-0.2, -0.15) is 0 Å². The molecule has 0 unspecified atom stereocenters. The fraction of sp³-hybridized carbons (Fsp3) is 0. The van der Waals surface area contributed by atoms with Crippen molar-refractivity contribution in [3.63, 3.8) is 0 Å². The van der Waals surface area contributed by atoms with Crippen LogP contribution in [0.3, 0.4) is 0 Å². The SMILES string of the molecule is c1ccc(-c2c(-c3ccccc3)c3cc(N(c4ccc(-c5cc6ccccc6c6ccccc56)cc4)c4cccc(-c5ccc6ccccc6c5)c4)ccc3c3ccccc23)cc1. The fourth-order valence-electron chi connectivity index (χ4n) is 9.85. The molecule has 0 saturated heterocycles. The number of nitrogens with zero attached hydrogens (tertiary/aromatic N) is 1. The predicted molar refractivity (Wildman–Crippen MR) is 270 cm³/mol. The van der Waals surface area contributed by atoms with Crippen molar-refractivity contribution < 1.29 is 0 Å². The molecule has 0 aromatic heterocycles. The zero-order valence-electron chi connectivity index (χ0n) is 34.6. The molecule has 0 fully saturated rings. The third kappa shape index (κ3) is 6.42. The zero-order chi connectivity index (χ0) is 41.7. The number of fused-ring (bicyclic) bond motifs is 7. The normalized spacial score (nSPS) is 11.5. The van der Waals surface area contributed by atoms with E-state index < -0.39 is 0 Å². The number of benzene rings is 12. The second-order valence-electron chi connectivity index (χ2n) is 16.4. The van der Waals surface area contributed by atoms with Crippen molar-refractivity contribution in [3.8, 4) is 44.5 Å². The molecule has 12 rings (SSSR count). The third-order valence-electron chi connectivity index (χ3n) is 12.8. The molecule has 0 bridgehead atoms. The molecular weight excluding hydrogens is 759 g/mol. The molecule has 12 aromatic rings. The van der Waals surface area contributed by atoms with E-state index in [9.17, 15) is 0 Å². The molecule has 0 aliphatic rings. The van der Waals surface area contributed by atoms with Gasteiger partial charge in [0, 0.05) is 17.1 Å². The van der Waals surface area contributed by atoms with E-state index in [1.807, 2.05) is 0 Å². The van der Waals surface area contributed by atoms with Crippen molar-refractivity contribution in [1.82, 2.24) is 0 Å². The van der Waals surface area contributed by atoms with Crippen LogP contribution in [0.5, 0.6) is 0 Å². The molecule has 63 heavy (non-hydrogen) atoms. The first-order valence-electron chi connectivity index (χ1n) is 21.7. The van der Waals surface area contributed by atoms with Crippen molar-refractivity contribution in [3.05, 3.63) is 249 Å². The number of hydrogen-bond acceptors (Lipinski definition) is 1. The van der Waals surface area contributed by atoms with E-state index in [4.69, 9.17) is 0 Å². The van der Waals surface area contributed by atoms with Gasteiger partial charge in [-0.05, 0) is 147 Å². The van der Waals surface area contributed by atoms with Crippen LogP contribution < -0.4 is 4.90 Å². The van der Waals surface area contributed by atoms with Crippen molar-refractivity contribution in [2.24, 2.45) is 0 Å². The van der Waals surface area contributed by atoms with Crippen LogP contribution in [0.15, 0.2) is 249 Å². The predicted octanol–water partition coefficient (Wildman–Crippen LogP) is 17.6. The Bertz CT molecular complexity index is 3660. The van der Waals surface area contributed by atoms with Crippen molar-refractivity contribution in [2.75, 3.05) is 4.90 Å². The van der Waals surface area contributed by atoms with Crippen LogP contribution in [0.1, 0.15) is 0 Å². The highest BCUT2D eigenvalue weighted by Crippen LogP contribution is 2.47. The van der Waals surface area contributed by atoms with Crippen LogP contribution in [-0.2, 0) is 0 Å². The summed E-state index contributed by atoms with van der Waals surface area (Å²) >= 11 is 0. The average Bonchev–Trinajstić information content (AvgIpc) is 3.36. The molecule has 12 aromatic carbocycles. The zero-order valence-corrected chi connectivity index (χ0v) is 34.6. The Kier molecular flexibility index (Phi) is 8.90. The van der Waals surface area contributed by atoms with Gasteiger partial charge >= 0.3 is 0 Å². The van der Waals surface area contributed by atoms with Crippen molar-refractivity contribution >= 4 is 70.9 Å². The van der Waals surface area contributed by atoms with E-state index >= 15 is 0 Å². The van der Waals surface area contributed by atoms with Crippen LogP contribution in [0.4, 0.5) is 17.1 Å². The summed E-state index contributed by atoms with van der Waals surface area (Å²) in [4.78, 5) is 2.43. The summed E-state index contributed by atoms with van der Waals surface area (Å²) < 4.78 is 0. The maximum Gasteiger partial charge on any atom is 0.0468 e. The molecule has 0 aliphatic carbocycles. The highest BCUT2D eigenvalue weighted by molar-refractivity contribution is 6.22. The Labute approximate surface area is 367 Å². The largest absolute Gasteiger partial charge is 0.310 e. The lowest BCUT2D eigenvalue weighted by molar-refractivity contribution is 1.29. The minimum atomic E-state index is 1.09. The Balaban J connectivity index is 1.09. The molecule has 0 spiro atoms. The standard InChI is InChI=1S/C62H41N/c1-3-17-44(18-4-1)61-58-29-14-13-27-55(58)57-37-36-52(41-60(57)62(61)45-19-5-2-6-20-45)63(51-24-15-23-47(39-51)48-31-30-42-16-7-8-21-46(42)38-48)50-34-32-43(33-35-50)59-40-49-22-9-10-25-53(49)54-26-11-12-28-56(54)59/h1-41H. The van der Waals surface area contributed by atoms with Gasteiger partial charge < -0.3 is 4.90 Å². The van der Waals surface area contributed by atoms with Crippen LogP contribution in [0.25, 0.3) is 98.4 Å². The summed E-state index contributed by atoms with van der Waals surface area (Å²) in [5.74, 6) is 0. The number of anilines is 3. The molecule has 0 aliphatic heterocycles. The highest BCUT2D eigenvalue weighted by atomic mass is 15.1. The lowest BCUT2D eigenvalue weighted by atomic mass is 9.85. The highest BCUT2D eigenvalue weighted by Gasteiger charge is 2.21. The maximum absolute atomic E-state index is 2.43. The molecule has 0 amide bonds. The van der Waals surface area contributed by atoms with Gasteiger partial charge in [0.25, 0.3) is 0 Å². The summed E-state index contributed by atoms with van der Waals surface area (Å²) in [7, 11) is 0. The van der Waals surface area contributed by atoms with E-state index in [2.05, 4.69) is 254 Å². The summed E-state index contributed by atoms with van der Waals surface area (Å²) in [6.07, 6.45) is 0. The molecule has 1 nitrogen and oxygen atoms in total. The first kappa shape index (κ1) is 36.6. The van der Waals surface area contributed by atoms with Crippen LogP contribution in [-0.4, -0.2) is 0 Å². The topological polar surface area (TPSA) is 3.24 Å². The van der Waals surface area contributed by atoms with E-state index in [0.29, 0.717) is 0 Å². The summed E-state index contributed by atoms with van der Waals surface area (Å²) in [6, 6.07) is 91.2. The fourth-order valence-corrected chi connectivity index (χ4v) is 9.85. The second kappa shape index (κ2) is 15.3. The third-order valence-corrected chi connectivity index (χ3v) is 12.8. The van der Waals surface area contributed by atoms with Gasteiger partial charge in [-0.25, -0.2) is 0 Å². The van der Waals surface area contributed by atoms with Crippen LogP contribution in [0, 0.1) is 0 Å². The van der Waals surface area contributed by atoms with Crippen molar-refractivity contribution in [1.29, 1.82) is 0 Å². The van der Waals surface area contributed by atoms with Crippen molar-refractivity contribution in [2.45, 2.75) is 0 Å². The van der Waals surface area contributed by atoms with E-state index in [1.165, 1.54) is 98.4 Å². The molecule has 0 atom stereocenters. The first-order valence-corrected chi connectivity index (χ1v) is 21.7. The summed E-state index contributed by atoms with van der Waals surface area (Å²) in [5, 5.41) is 12.5.